The van der Waals surface area contributed by atoms with Crippen molar-refractivity contribution in [2.24, 2.45) is 0 Å². The van der Waals surface area contributed by atoms with E-state index in [0.29, 0.717) is 19.5 Å². The van der Waals surface area contributed by atoms with Gasteiger partial charge in [0.05, 0.1) is 6.61 Å². The zero-order valence-corrected chi connectivity index (χ0v) is 11.8. The lowest BCUT2D eigenvalue weighted by Crippen LogP contribution is -2.40. The van der Waals surface area contributed by atoms with E-state index < -0.39 is 0 Å². The molecule has 0 saturated heterocycles. The summed E-state index contributed by atoms with van der Waals surface area (Å²) in [6.45, 7) is 10.3. The minimum Gasteiger partial charge on any atom is -0.395 e. The number of carbonyl (C=O) groups is 1. The first-order chi connectivity index (χ1) is 7.90. The summed E-state index contributed by atoms with van der Waals surface area (Å²) in [4.78, 5) is 13.7. The second-order valence-corrected chi connectivity index (χ2v) is 5.38. The molecular weight excluding hydrogens is 216 g/mol. The van der Waals surface area contributed by atoms with Crippen LogP contribution in [-0.4, -0.2) is 47.7 Å². The normalized spacial score (nSPS) is 11.6. The molecule has 4 nitrogen and oxygen atoms in total. The summed E-state index contributed by atoms with van der Waals surface area (Å²) >= 11 is 0. The maximum absolute atomic E-state index is 11.9. The zero-order valence-electron chi connectivity index (χ0n) is 11.8. The van der Waals surface area contributed by atoms with Gasteiger partial charge < -0.3 is 15.3 Å². The SMILES string of the molecule is CCCCN(CCO)C(=O)CCNC(C)(C)C. The summed E-state index contributed by atoms with van der Waals surface area (Å²) < 4.78 is 0. The third kappa shape index (κ3) is 9.12. The van der Waals surface area contributed by atoms with Crippen LogP contribution in [0.4, 0.5) is 0 Å². The van der Waals surface area contributed by atoms with Crippen LogP contribution in [0.15, 0.2) is 0 Å². The first-order valence-corrected chi connectivity index (χ1v) is 6.54. The minimum atomic E-state index is 0.0438. The number of aliphatic hydroxyl groups is 1. The fraction of sp³-hybridized carbons (Fsp3) is 0.923. The van der Waals surface area contributed by atoms with E-state index in [1.54, 1.807) is 4.90 Å². The molecule has 0 aliphatic heterocycles. The van der Waals surface area contributed by atoms with E-state index >= 15 is 0 Å². The highest BCUT2D eigenvalue weighted by Crippen LogP contribution is 2.01. The number of unbranched alkanes of at least 4 members (excludes halogenated alkanes) is 1. The van der Waals surface area contributed by atoms with Crippen LogP contribution in [0.3, 0.4) is 0 Å². The number of amides is 1. The molecule has 0 aromatic rings. The molecule has 0 unspecified atom stereocenters. The van der Waals surface area contributed by atoms with Gasteiger partial charge in [-0.15, -0.1) is 0 Å². The van der Waals surface area contributed by atoms with Gasteiger partial charge in [-0.25, -0.2) is 0 Å². The van der Waals surface area contributed by atoms with Gasteiger partial charge in [0, 0.05) is 31.6 Å². The molecule has 17 heavy (non-hydrogen) atoms. The van der Waals surface area contributed by atoms with Crippen molar-refractivity contribution >= 4 is 5.91 Å². The molecule has 0 aromatic carbocycles. The molecule has 0 spiro atoms. The van der Waals surface area contributed by atoms with E-state index in [2.05, 4.69) is 33.0 Å². The van der Waals surface area contributed by atoms with Crippen molar-refractivity contribution in [2.75, 3.05) is 26.2 Å². The van der Waals surface area contributed by atoms with Crippen LogP contribution in [-0.2, 0) is 4.79 Å². The lowest BCUT2D eigenvalue weighted by atomic mass is 10.1. The number of nitrogens with zero attached hydrogens (tertiary/aromatic N) is 1. The molecule has 1 amide bonds. The highest BCUT2D eigenvalue weighted by atomic mass is 16.3. The van der Waals surface area contributed by atoms with E-state index in [1.807, 2.05) is 0 Å². The maximum atomic E-state index is 11.9. The average Bonchev–Trinajstić information content (AvgIpc) is 2.22. The first-order valence-electron chi connectivity index (χ1n) is 6.54. The number of hydrogen-bond acceptors (Lipinski definition) is 3. The van der Waals surface area contributed by atoms with Gasteiger partial charge in [-0.1, -0.05) is 13.3 Å². The number of rotatable bonds is 8. The summed E-state index contributed by atoms with van der Waals surface area (Å²) in [6, 6.07) is 0. The van der Waals surface area contributed by atoms with Crippen LogP contribution < -0.4 is 5.32 Å². The highest BCUT2D eigenvalue weighted by Gasteiger charge is 2.14. The molecule has 102 valence electrons. The van der Waals surface area contributed by atoms with Gasteiger partial charge in [-0.3, -0.25) is 4.79 Å². The Morgan fingerprint density at radius 3 is 2.41 bits per heavy atom. The fourth-order valence-electron chi connectivity index (χ4n) is 1.53. The molecule has 0 atom stereocenters. The Bertz CT molecular complexity index is 212. The van der Waals surface area contributed by atoms with Crippen molar-refractivity contribution in [3.63, 3.8) is 0 Å². The van der Waals surface area contributed by atoms with Crippen LogP contribution in [0.1, 0.15) is 47.0 Å². The smallest absolute Gasteiger partial charge is 0.223 e. The molecule has 0 saturated carbocycles. The fourth-order valence-corrected chi connectivity index (χ4v) is 1.53. The van der Waals surface area contributed by atoms with E-state index in [-0.39, 0.29) is 18.1 Å². The highest BCUT2D eigenvalue weighted by molar-refractivity contribution is 5.76. The molecule has 0 radical (unpaired) electrons. The summed E-state index contributed by atoms with van der Waals surface area (Å²) in [5.41, 5.74) is 0.0471. The van der Waals surface area contributed by atoms with Gasteiger partial charge in [0.25, 0.3) is 0 Å². The van der Waals surface area contributed by atoms with Crippen molar-refractivity contribution in [2.45, 2.75) is 52.5 Å². The second-order valence-electron chi connectivity index (χ2n) is 5.38. The van der Waals surface area contributed by atoms with E-state index in [4.69, 9.17) is 5.11 Å². The predicted octanol–water partition coefficient (Wildman–Crippen LogP) is 1.39. The Balaban J connectivity index is 3.96. The van der Waals surface area contributed by atoms with Gasteiger partial charge in [0.2, 0.25) is 5.91 Å². The molecular formula is C13H28N2O2. The number of carbonyl (C=O) groups excluding carboxylic acids is 1. The van der Waals surface area contributed by atoms with Crippen molar-refractivity contribution in [1.82, 2.24) is 10.2 Å². The Labute approximate surface area is 105 Å². The summed E-state index contributed by atoms with van der Waals surface area (Å²) in [7, 11) is 0. The predicted molar refractivity (Wildman–Crippen MR) is 70.9 cm³/mol. The lowest BCUT2D eigenvalue weighted by molar-refractivity contribution is -0.131. The van der Waals surface area contributed by atoms with Crippen LogP contribution >= 0.6 is 0 Å². The van der Waals surface area contributed by atoms with Gasteiger partial charge in [-0.05, 0) is 27.2 Å². The van der Waals surface area contributed by atoms with Gasteiger partial charge in [0.15, 0.2) is 0 Å². The molecule has 0 rings (SSSR count). The molecule has 2 N–H and O–H groups in total. The number of hydrogen-bond donors (Lipinski definition) is 2. The van der Waals surface area contributed by atoms with Gasteiger partial charge >= 0.3 is 0 Å². The van der Waals surface area contributed by atoms with E-state index in [0.717, 1.165) is 19.4 Å². The molecule has 0 bridgehead atoms. The molecule has 0 aromatic heterocycles. The topological polar surface area (TPSA) is 52.6 Å². The largest absolute Gasteiger partial charge is 0.395 e. The first kappa shape index (κ1) is 16.4. The molecule has 0 fully saturated rings. The Hall–Kier alpha value is -0.610. The van der Waals surface area contributed by atoms with E-state index in [9.17, 15) is 4.79 Å². The van der Waals surface area contributed by atoms with Gasteiger partial charge in [-0.2, -0.15) is 0 Å². The van der Waals surface area contributed by atoms with Crippen LogP contribution in [0.25, 0.3) is 0 Å². The number of aliphatic hydroxyl groups excluding tert-OH is 1. The van der Waals surface area contributed by atoms with Crippen LogP contribution in [0.5, 0.6) is 0 Å². The average molecular weight is 244 g/mol. The summed E-state index contributed by atoms with van der Waals surface area (Å²) in [6.07, 6.45) is 2.56. The number of nitrogens with one attached hydrogen (secondary N) is 1. The van der Waals surface area contributed by atoms with E-state index in [1.165, 1.54) is 0 Å². The molecule has 4 heteroatoms. The van der Waals surface area contributed by atoms with Crippen molar-refractivity contribution < 1.29 is 9.90 Å². The van der Waals surface area contributed by atoms with Crippen LogP contribution in [0, 0.1) is 0 Å². The van der Waals surface area contributed by atoms with Crippen molar-refractivity contribution in [1.29, 1.82) is 0 Å². The summed E-state index contributed by atoms with van der Waals surface area (Å²) in [5, 5.41) is 12.2. The van der Waals surface area contributed by atoms with Crippen LogP contribution in [0.2, 0.25) is 0 Å². The maximum Gasteiger partial charge on any atom is 0.223 e. The Morgan fingerprint density at radius 2 is 1.94 bits per heavy atom. The molecule has 0 aliphatic carbocycles. The molecule has 0 heterocycles. The molecule has 0 aliphatic rings. The second kappa shape index (κ2) is 8.48. The monoisotopic (exact) mass is 244 g/mol. The van der Waals surface area contributed by atoms with Gasteiger partial charge in [0.1, 0.15) is 0 Å². The lowest BCUT2D eigenvalue weighted by Gasteiger charge is -2.24. The standard InChI is InChI=1S/C13H28N2O2/c1-5-6-9-15(10-11-16)12(17)7-8-14-13(2,3)4/h14,16H,5-11H2,1-4H3. The third-order valence-corrected chi connectivity index (χ3v) is 2.50. The van der Waals surface area contributed by atoms with Crippen molar-refractivity contribution in [3.05, 3.63) is 0 Å². The third-order valence-electron chi connectivity index (χ3n) is 2.50. The minimum absolute atomic E-state index is 0.0438. The zero-order chi connectivity index (χ0) is 13.3. The quantitative estimate of drug-likeness (QED) is 0.678. The Morgan fingerprint density at radius 1 is 1.29 bits per heavy atom. The Kier molecular flexibility index (Phi) is 8.17. The van der Waals surface area contributed by atoms with Crippen molar-refractivity contribution in [3.8, 4) is 0 Å². The summed E-state index contributed by atoms with van der Waals surface area (Å²) in [5.74, 6) is 0.129.